The Labute approximate surface area is 127 Å². The maximum Gasteiger partial charge on any atom is 0.138 e. The molecule has 0 aliphatic heterocycles. The van der Waals surface area contributed by atoms with Crippen LogP contribution in [-0.2, 0) is 13.0 Å². The van der Waals surface area contributed by atoms with Crippen LogP contribution in [0.4, 0.5) is 0 Å². The molecule has 20 heavy (non-hydrogen) atoms. The summed E-state index contributed by atoms with van der Waals surface area (Å²) in [4.78, 5) is 2.26. The van der Waals surface area contributed by atoms with Crippen molar-refractivity contribution in [2.75, 3.05) is 6.54 Å². The number of fused-ring (bicyclic) bond motifs is 1. The first-order valence-corrected chi connectivity index (χ1v) is 7.66. The number of terminal acetylenes is 1. The molecule has 0 saturated heterocycles. The number of nitrogens with zero attached hydrogens (tertiary/aromatic N) is 3. The molecule has 1 aliphatic carbocycles. The fourth-order valence-electron chi connectivity index (χ4n) is 2.79. The highest BCUT2D eigenvalue weighted by molar-refractivity contribution is 7.10. The molecule has 1 atom stereocenters. The van der Waals surface area contributed by atoms with Crippen LogP contribution in [0.15, 0.2) is 24.3 Å². The highest BCUT2D eigenvalue weighted by Gasteiger charge is 2.28. The van der Waals surface area contributed by atoms with Crippen molar-refractivity contribution in [3.63, 3.8) is 0 Å². The molecule has 2 aromatic rings. The van der Waals surface area contributed by atoms with Crippen molar-refractivity contribution in [2.24, 2.45) is 0 Å². The van der Waals surface area contributed by atoms with E-state index in [4.69, 9.17) is 18.0 Å². The lowest BCUT2D eigenvalue weighted by molar-refractivity contribution is 0.211. The molecular weight excluding hydrogens is 290 g/mol. The molecule has 1 aliphatic rings. The van der Waals surface area contributed by atoms with Gasteiger partial charge >= 0.3 is 0 Å². The summed E-state index contributed by atoms with van der Waals surface area (Å²) in [5.74, 6) is 2.75. The highest BCUT2D eigenvalue weighted by Crippen LogP contribution is 2.36. The predicted molar refractivity (Wildman–Crippen MR) is 81.7 cm³/mol. The van der Waals surface area contributed by atoms with Crippen molar-refractivity contribution in [1.82, 2.24) is 14.5 Å². The summed E-state index contributed by atoms with van der Waals surface area (Å²) in [5.41, 5.74) is 3.61. The van der Waals surface area contributed by atoms with E-state index in [-0.39, 0.29) is 0 Å². The van der Waals surface area contributed by atoms with Gasteiger partial charge in [0.05, 0.1) is 6.54 Å². The lowest BCUT2D eigenvalue weighted by Gasteiger charge is -2.27. The van der Waals surface area contributed by atoms with Crippen molar-refractivity contribution < 1.29 is 0 Å². The molecule has 3 nitrogen and oxygen atoms in total. The molecule has 0 saturated carbocycles. The fraction of sp³-hybridized carbons (Fsp3) is 0.333. The predicted octanol–water partition coefficient (Wildman–Crippen LogP) is 3.31. The maximum atomic E-state index is 6.11. The first kappa shape index (κ1) is 13.6. The van der Waals surface area contributed by atoms with Gasteiger partial charge in [-0.05, 0) is 24.0 Å². The number of hydrogen-bond donors (Lipinski definition) is 0. The molecule has 1 aromatic carbocycles. The van der Waals surface area contributed by atoms with Gasteiger partial charge in [0, 0.05) is 24.1 Å². The average molecular weight is 304 g/mol. The topological polar surface area (TPSA) is 29.0 Å². The summed E-state index contributed by atoms with van der Waals surface area (Å²) in [6.07, 6.45) is 7.72. The molecule has 5 heteroatoms. The fourth-order valence-corrected chi connectivity index (χ4v) is 3.40. The minimum atomic E-state index is 0.347. The molecule has 0 amide bonds. The third-order valence-corrected chi connectivity index (χ3v) is 4.68. The molecule has 1 heterocycles. The summed E-state index contributed by atoms with van der Waals surface area (Å²) < 4.78 is 4.54. The van der Waals surface area contributed by atoms with Crippen molar-refractivity contribution in [2.45, 2.75) is 25.4 Å². The molecule has 0 radical (unpaired) electrons. The third kappa shape index (κ3) is 2.57. The second-order valence-corrected chi connectivity index (χ2v) is 6.21. The van der Waals surface area contributed by atoms with Gasteiger partial charge in [0.2, 0.25) is 0 Å². The molecular formula is C15H14ClN3S. The van der Waals surface area contributed by atoms with E-state index in [1.807, 2.05) is 0 Å². The third-order valence-electron chi connectivity index (χ3n) is 3.70. The summed E-state index contributed by atoms with van der Waals surface area (Å²) in [5, 5.41) is 4.09. The Balaban J connectivity index is 1.85. The lowest BCUT2D eigenvalue weighted by atomic mass is 10.1. The molecule has 0 unspecified atom stereocenters. The number of aryl methyl sites for hydroxylation is 1. The SMILES string of the molecule is C#CCN(Cc1nnsc1Cl)[C@H]1CCc2ccccc21. The second kappa shape index (κ2) is 5.92. The molecule has 0 fully saturated rings. The number of hydrogen-bond acceptors (Lipinski definition) is 4. The Morgan fingerprint density at radius 3 is 3.05 bits per heavy atom. The molecule has 1 aromatic heterocycles. The maximum absolute atomic E-state index is 6.11. The van der Waals surface area contributed by atoms with E-state index in [9.17, 15) is 0 Å². The van der Waals surface area contributed by atoms with Crippen molar-refractivity contribution in [1.29, 1.82) is 0 Å². The van der Waals surface area contributed by atoms with Gasteiger partial charge in [0.15, 0.2) is 0 Å². The van der Waals surface area contributed by atoms with E-state index in [1.165, 1.54) is 22.7 Å². The Morgan fingerprint density at radius 1 is 1.45 bits per heavy atom. The van der Waals surface area contributed by atoms with Crippen molar-refractivity contribution in [3.05, 3.63) is 45.4 Å². The normalized spacial score (nSPS) is 17.1. The lowest BCUT2D eigenvalue weighted by Crippen LogP contribution is -2.27. The molecule has 0 bridgehead atoms. The van der Waals surface area contributed by atoms with Gasteiger partial charge in [-0.25, -0.2) is 0 Å². The summed E-state index contributed by atoms with van der Waals surface area (Å²) in [6, 6.07) is 8.91. The van der Waals surface area contributed by atoms with Gasteiger partial charge in [-0.2, -0.15) is 0 Å². The Hall–Kier alpha value is -1.41. The van der Waals surface area contributed by atoms with Crippen LogP contribution >= 0.6 is 23.1 Å². The van der Waals surface area contributed by atoms with Crippen LogP contribution in [0.25, 0.3) is 0 Å². The van der Waals surface area contributed by atoms with Crippen LogP contribution in [0.3, 0.4) is 0 Å². The minimum absolute atomic E-state index is 0.347. The van der Waals surface area contributed by atoms with E-state index in [0.717, 1.165) is 18.5 Å². The second-order valence-electron chi connectivity index (χ2n) is 4.86. The molecule has 102 valence electrons. The van der Waals surface area contributed by atoms with Crippen molar-refractivity contribution in [3.8, 4) is 12.3 Å². The van der Waals surface area contributed by atoms with Crippen molar-refractivity contribution >= 4 is 23.1 Å². The van der Waals surface area contributed by atoms with Crippen LogP contribution in [0.2, 0.25) is 4.34 Å². The van der Waals surface area contributed by atoms with Crippen LogP contribution in [0, 0.1) is 12.3 Å². The van der Waals surface area contributed by atoms with Gasteiger partial charge in [0.1, 0.15) is 10.0 Å². The van der Waals surface area contributed by atoms with Gasteiger partial charge < -0.3 is 0 Å². The standard InChI is InChI=1S/C15H14ClN3S/c1-2-9-19(10-13-15(16)20-18-17-13)14-8-7-11-5-3-4-6-12(11)14/h1,3-6,14H,7-10H2/t14-/m0/s1. The zero-order chi connectivity index (χ0) is 13.9. The Bertz CT molecular complexity index is 647. The number of rotatable bonds is 4. The van der Waals surface area contributed by atoms with E-state index < -0.39 is 0 Å². The van der Waals surface area contributed by atoms with Gasteiger partial charge in [0.25, 0.3) is 0 Å². The van der Waals surface area contributed by atoms with Gasteiger partial charge in [-0.15, -0.1) is 11.5 Å². The minimum Gasteiger partial charge on any atom is -0.279 e. The largest absolute Gasteiger partial charge is 0.279 e. The molecule has 0 spiro atoms. The first-order valence-electron chi connectivity index (χ1n) is 6.51. The summed E-state index contributed by atoms with van der Waals surface area (Å²) in [7, 11) is 0. The number of aromatic nitrogens is 2. The highest BCUT2D eigenvalue weighted by atomic mass is 35.5. The summed E-state index contributed by atoms with van der Waals surface area (Å²) >= 11 is 7.32. The van der Waals surface area contributed by atoms with E-state index in [2.05, 4.69) is 44.7 Å². The smallest absolute Gasteiger partial charge is 0.138 e. The quantitative estimate of drug-likeness (QED) is 0.811. The summed E-state index contributed by atoms with van der Waals surface area (Å²) in [6.45, 7) is 1.24. The van der Waals surface area contributed by atoms with E-state index >= 15 is 0 Å². The molecule has 3 rings (SSSR count). The van der Waals surface area contributed by atoms with Crippen LogP contribution in [0.1, 0.15) is 29.3 Å². The molecule has 0 N–H and O–H groups in total. The van der Waals surface area contributed by atoms with Crippen LogP contribution in [0.5, 0.6) is 0 Å². The monoisotopic (exact) mass is 303 g/mol. The van der Waals surface area contributed by atoms with Crippen LogP contribution < -0.4 is 0 Å². The Kier molecular flexibility index (Phi) is 4.02. The van der Waals surface area contributed by atoms with E-state index in [1.54, 1.807) is 0 Å². The van der Waals surface area contributed by atoms with Gasteiger partial charge in [-0.3, -0.25) is 4.90 Å². The van der Waals surface area contributed by atoms with Gasteiger partial charge in [-0.1, -0.05) is 46.3 Å². The van der Waals surface area contributed by atoms with Crippen LogP contribution in [-0.4, -0.2) is 21.0 Å². The zero-order valence-electron chi connectivity index (χ0n) is 10.9. The Morgan fingerprint density at radius 2 is 2.30 bits per heavy atom. The van der Waals surface area contributed by atoms with E-state index in [0.29, 0.717) is 23.5 Å². The zero-order valence-corrected chi connectivity index (χ0v) is 12.5. The first-order chi connectivity index (χ1) is 9.79. The number of benzene rings is 1. The average Bonchev–Trinajstić information content (AvgIpc) is 3.05. The number of halogens is 1.